The van der Waals surface area contributed by atoms with Gasteiger partial charge >= 0.3 is 0 Å². The predicted molar refractivity (Wildman–Crippen MR) is 81.0 cm³/mol. The van der Waals surface area contributed by atoms with E-state index in [9.17, 15) is 0 Å². The molecule has 1 N–H and O–H groups in total. The lowest BCUT2D eigenvalue weighted by Crippen LogP contribution is -2.39. The van der Waals surface area contributed by atoms with E-state index in [0.717, 1.165) is 17.9 Å². The minimum absolute atomic E-state index is 0.790. The fraction of sp³-hybridized carbons (Fsp3) is 1.00. The summed E-state index contributed by atoms with van der Waals surface area (Å²) in [5.74, 6) is 1.84. The van der Waals surface area contributed by atoms with Crippen LogP contribution in [0.15, 0.2) is 0 Å². The summed E-state index contributed by atoms with van der Waals surface area (Å²) in [6.45, 7) is 14.0. The molecular formula is C16H34N2. The molecule has 2 nitrogen and oxygen atoms in total. The van der Waals surface area contributed by atoms with Gasteiger partial charge in [-0.25, -0.2) is 0 Å². The highest BCUT2D eigenvalue weighted by Gasteiger charge is 2.22. The SMILES string of the molecule is CCN(CC)CCNC1CCCC(CC(C)C)C1. The van der Waals surface area contributed by atoms with E-state index < -0.39 is 0 Å². The molecule has 2 unspecified atom stereocenters. The van der Waals surface area contributed by atoms with Crippen molar-refractivity contribution in [1.82, 2.24) is 10.2 Å². The van der Waals surface area contributed by atoms with Crippen LogP contribution in [-0.4, -0.2) is 37.1 Å². The van der Waals surface area contributed by atoms with Crippen LogP contribution in [0.3, 0.4) is 0 Å². The lowest BCUT2D eigenvalue weighted by Gasteiger charge is -2.31. The average Bonchev–Trinajstić information content (AvgIpc) is 2.34. The Morgan fingerprint density at radius 1 is 1.17 bits per heavy atom. The number of nitrogens with zero attached hydrogens (tertiary/aromatic N) is 1. The van der Waals surface area contributed by atoms with Gasteiger partial charge in [-0.1, -0.05) is 40.5 Å². The Kier molecular flexibility index (Phi) is 7.92. The van der Waals surface area contributed by atoms with Crippen LogP contribution in [0.5, 0.6) is 0 Å². The maximum atomic E-state index is 3.78. The monoisotopic (exact) mass is 254 g/mol. The van der Waals surface area contributed by atoms with E-state index in [1.54, 1.807) is 0 Å². The normalized spacial score (nSPS) is 25.0. The van der Waals surface area contributed by atoms with Crippen molar-refractivity contribution in [2.75, 3.05) is 26.2 Å². The van der Waals surface area contributed by atoms with Crippen LogP contribution in [0, 0.1) is 11.8 Å². The van der Waals surface area contributed by atoms with E-state index in [2.05, 4.69) is 37.9 Å². The Labute approximate surface area is 115 Å². The van der Waals surface area contributed by atoms with Gasteiger partial charge in [-0.2, -0.15) is 0 Å². The largest absolute Gasteiger partial charge is 0.313 e. The summed E-state index contributed by atoms with van der Waals surface area (Å²) in [5.41, 5.74) is 0. The summed E-state index contributed by atoms with van der Waals surface area (Å²) in [6.07, 6.45) is 7.13. The molecule has 0 bridgehead atoms. The first-order chi connectivity index (χ1) is 8.65. The quantitative estimate of drug-likeness (QED) is 0.713. The summed E-state index contributed by atoms with van der Waals surface area (Å²) in [4.78, 5) is 2.50. The molecule has 1 fully saturated rings. The summed E-state index contributed by atoms with van der Waals surface area (Å²) in [5, 5.41) is 3.78. The van der Waals surface area contributed by atoms with Gasteiger partial charge in [0.2, 0.25) is 0 Å². The first kappa shape index (κ1) is 16.0. The molecule has 1 aliphatic carbocycles. The van der Waals surface area contributed by atoms with Crippen molar-refractivity contribution in [2.24, 2.45) is 11.8 Å². The van der Waals surface area contributed by atoms with Gasteiger partial charge in [-0.15, -0.1) is 0 Å². The number of hydrogen-bond acceptors (Lipinski definition) is 2. The van der Waals surface area contributed by atoms with Crippen molar-refractivity contribution in [3.8, 4) is 0 Å². The Bertz CT molecular complexity index is 199. The van der Waals surface area contributed by atoms with Crippen molar-refractivity contribution in [3.63, 3.8) is 0 Å². The molecule has 0 aromatic carbocycles. The molecular weight excluding hydrogens is 220 g/mol. The van der Waals surface area contributed by atoms with Crippen LogP contribution in [0.1, 0.15) is 59.8 Å². The highest BCUT2D eigenvalue weighted by molar-refractivity contribution is 4.78. The van der Waals surface area contributed by atoms with Crippen LogP contribution in [0.2, 0.25) is 0 Å². The zero-order valence-corrected chi connectivity index (χ0v) is 13.0. The van der Waals surface area contributed by atoms with Gasteiger partial charge < -0.3 is 10.2 Å². The van der Waals surface area contributed by atoms with Gasteiger partial charge in [-0.3, -0.25) is 0 Å². The second kappa shape index (κ2) is 8.92. The summed E-state index contributed by atoms with van der Waals surface area (Å²) < 4.78 is 0. The molecule has 0 radical (unpaired) electrons. The Hall–Kier alpha value is -0.0800. The molecule has 0 aromatic heterocycles. The number of likely N-dealkylation sites (N-methyl/N-ethyl adjacent to an activating group) is 1. The third-order valence-corrected chi connectivity index (χ3v) is 4.34. The van der Waals surface area contributed by atoms with E-state index in [4.69, 9.17) is 0 Å². The van der Waals surface area contributed by atoms with E-state index in [0.29, 0.717) is 0 Å². The van der Waals surface area contributed by atoms with E-state index in [1.165, 1.54) is 58.3 Å². The zero-order valence-electron chi connectivity index (χ0n) is 13.0. The van der Waals surface area contributed by atoms with Crippen LogP contribution in [0.4, 0.5) is 0 Å². The number of nitrogens with one attached hydrogen (secondary N) is 1. The predicted octanol–water partition coefficient (Wildman–Crippen LogP) is 3.52. The molecule has 0 amide bonds. The van der Waals surface area contributed by atoms with E-state index in [-0.39, 0.29) is 0 Å². The summed E-state index contributed by atoms with van der Waals surface area (Å²) in [7, 11) is 0. The smallest absolute Gasteiger partial charge is 0.0107 e. The fourth-order valence-corrected chi connectivity index (χ4v) is 3.32. The van der Waals surface area contributed by atoms with Crippen LogP contribution in [-0.2, 0) is 0 Å². The van der Waals surface area contributed by atoms with Crippen molar-refractivity contribution in [2.45, 2.75) is 65.8 Å². The van der Waals surface area contributed by atoms with Crippen molar-refractivity contribution < 1.29 is 0 Å². The zero-order chi connectivity index (χ0) is 13.4. The molecule has 1 saturated carbocycles. The van der Waals surface area contributed by atoms with E-state index >= 15 is 0 Å². The minimum Gasteiger partial charge on any atom is -0.313 e. The van der Waals surface area contributed by atoms with Gasteiger partial charge in [0, 0.05) is 19.1 Å². The molecule has 0 aromatic rings. The van der Waals surface area contributed by atoms with Gasteiger partial charge in [-0.05, 0) is 44.2 Å². The molecule has 2 heteroatoms. The third-order valence-electron chi connectivity index (χ3n) is 4.34. The molecule has 0 heterocycles. The highest BCUT2D eigenvalue weighted by atomic mass is 15.1. The topological polar surface area (TPSA) is 15.3 Å². The van der Waals surface area contributed by atoms with Crippen LogP contribution >= 0.6 is 0 Å². The highest BCUT2D eigenvalue weighted by Crippen LogP contribution is 2.29. The summed E-state index contributed by atoms with van der Waals surface area (Å²) >= 11 is 0. The molecule has 0 aliphatic heterocycles. The molecule has 108 valence electrons. The molecule has 2 atom stereocenters. The fourth-order valence-electron chi connectivity index (χ4n) is 3.32. The first-order valence-electron chi connectivity index (χ1n) is 8.11. The third kappa shape index (κ3) is 6.19. The molecule has 1 aliphatic rings. The lowest BCUT2D eigenvalue weighted by molar-refractivity contribution is 0.239. The molecule has 18 heavy (non-hydrogen) atoms. The van der Waals surface area contributed by atoms with Crippen molar-refractivity contribution in [1.29, 1.82) is 0 Å². The maximum absolute atomic E-state index is 3.78. The van der Waals surface area contributed by atoms with Crippen LogP contribution < -0.4 is 5.32 Å². The Morgan fingerprint density at radius 2 is 1.89 bits per heavy atom. The number of rotatable bonds is 8. The van der Waals surface area contributed by atoms with Gasteiger partial charge in [0.1, 0.15) is 0 Å². The summed E-state index contributed by atoms with van der Waals surface area (Å²) in [6, 6.07) is 0.790. The van der Waals surface area contributed by atoms with Gasteiger partial charge in [0.05, 0.1) is 0 Å². The molecule has 1 rings (SSSR count). The number of hydrogen-bond donors (Lipinski definition) is 1. The standard InChI is InChI=1S/C16H34N2/c1-5-18(6-2)11-10-17-16-9-7-8-15(13-16)12-14(3)4/h14-17H,5-13H2,1-4H3. The Morgan fingerprint density at radius 3 is 2.50 bits per heavy atom. The second-order valence-corrected chi connectivity index (χ2v) is 6.34. The van der Waals surface area contributed by atoms with Gasteiger partial charge in [0.15, 0.2) is 0 Å². The Balaban J connectivity index is 2.17. The average molecular weight is 254 g/mol. The molecule has 0 saturated heterocycles. The minimum atomic E-state index is 0.790. The van der Waals surface area contributed by atoms with Gasteiger partial charge in [0.25, 0.3) is 0 Å². The first-order valence-corrected chi connectivity index (χ1v) is 8.11. The van der Waals surface area contributed by atoms with Crippen molar-refractivity contribution in [3.05, 3.63) is 0 Å². The lowest BCUT2D eigenvalue weighted by atomic mass is 9.81. The van der Waals surface area contributed by atoms with Crippen LogP contribution in [0.25, 0.3) is 0 Å². The van der Waals surface area contributed by atoms with E-state index in [1.807, 2.05) is 0 Å². The second-order valence-electron chi connectivity index (χ2n) is 6.34. The maximum Gasteiger partial charge on any atom is 0.0107 e. The molecule has 0 spiro atoms. The van der Waals surface area contributed by atoms with Crippen molar-refractivity contribution >= 4 is 0 Å².